The van der Waals surface area contributed by atoms with Gasteiger partial charge in [-0.05, 0) is 25.3 Å². The van der Waals surface area contributed by atoms with Crippen LogP contribution in [0, 0.1) is 11.3 Å². The van der Waals surface area contributed by atoms with Crippen molar-refractivity contribution in [3.63, 3.8) is 0 Å². The van der Waals surface area contributed by atoms with Crippen molar-refractivity contribution < 1.29 is 14.6 Å². The van der Waals surface area contributed by atoms with Gasteiger partial charge in [-0.2, -0.15) is 0 Å². The number of hydrogen-bond acceptors (Lipinski definition) is 4. The maximum Gasteiger partial charge on any atom is 0.225 e. The van der Waals surface area contributed by atoms with E-state index in [1.165, 1.54) is 5.56 Å². The molecule has 1 aromatic rings. The number of aliphatic hydroxyl groups excluding tert-OH is 1. The minimum absolute atomic E-state index is 0.00467. The molecule has 1 spiro atoms. The molecule has 132 valence electrons. The van der Waals surface area contributed by atoms with Gasteiger partial charge in [-0.25, -0.2) is 0 Å². The molecule has 3 atom stereocenters. The summed E-state index contributed by atoms with van der Waals surface area (Å²) in [5, 5.41) is 12.1. The van der Waals surface area contributed by atoms with Gasteiger partial charge in [-0.15, -0.1) is 0 Å². The highest BCUT2D eigenvalue weighted by atomic mass is 16.5. The fraction of sp³-hybridized carbons (Fsp3) is 0.632. The van der Waals surface area contributed by atoms with Crippen LogP contribution in [0.15, 0.2) is 30.3 Å². The lowest BCUT2D eigenvalue weighted by molar-refractivity contribution is -0.128. The van der Waals surface area contributed by atoms with Gasteiger partial charge >= 0.3 is 0 Å². The zero-order chi connectivity index (χ0) is 17.0. The molecule has 2 aliphatic rings. The van der Waals surface area contributed by atoms with Gasteiger partial charge in [0.05, 0.1) is 12.5 Å². The lowest BCUT2D eigenvalue weighted by Crippen LogP contribution is -2.45. The molecule has 3 rings (SSSR count). The standard InChI is InChI=1S/C19H28N2O3/c1-15(7-9-22)20-18(23)17-12-21(11-16-5-3-2-4-6-16)13-19(17)8-10-24-14-19/h2-6,15,17,22H,7-14H2,1H3,(H,20,23). The SMILES string of the molecule is CC(CCO)NC(=O)C1CN(Cc2ccccc2)CC12CCOC2. The van der Waals surface area contributed by atoms with Crippen LogP contribution < -0.4 is 5.32 Å². The average Bonchev–Trinajstić information content (AvgIpc) is 3.16. The maximum atomic E-state index is 12.8. The fourth-order valence-corrected chi connectivity index (χ4v) is 4.03. The summed E-state index contributed by atoms with van der Waals surface area (Å²) < 4.78 is 5.67. The van der Waals surface area contributed by atoms with Gasteiger partial charge < -0.3 is 15.2 Å². The third kappa shape index (κ3) is 3.79. The molecule has 5 nitrogen and oxygen atoms in total. The van der Waals surface area contributed by atoms with E-state index in [1.807, 2.05) is 13.0 Å². The van der Waals surface area contributed by atoms with Crippen molar-refractivity contribution in [2.24, 2.45) is 11.3 Å². The Morgan fingerprint density at radius 2 is 2.25 bits per heavy atom. The highest BCUT2D eigenvalue weighted by molar-refractivity contribution is 5.80. The number of carbonyl (C=O) groups is 1. The number of rotatable bonds is 6. The number of benzene rings is 1. The molecule has 1 aromatic carbocycles. The van der Waals surface area contributed by atoms with E-state index in [0.717, 1.165) is 32.7 Å². The van der Waals surface area contributed by atoms with E-state index in [9.17, 15) is 4.79 Å². The Morgan fingerprint density at radius 3 is 2.92 bits per heavy atom. The molecular formula is C19H28N2O3. The molecule has 0 bridgehead atoms. The van der Waals surface area contributed by atoms with Crippen LogP contribution in [0.1, 0.15) is 25.3 Å². The molecule has 24 heavy (non-hydrogen) atoms. The largest absolute Gasteiger partial charge is 0.396 e. The maximum absolute atomic E-state index is 12.8. The Hall–Kier alpha value is -1.43. The van der Waals surface area contributed by atoms with E-state index in [2.05, 4.69) is 34.5 Å². The van der Waals surface area contributed by atoms with Crippen LogP contribution in [-0.2, 0) is 16.1 Å². The van der Waals surface area contributed by atoms with Crippen molar-refractivity contribution >= 4 is 5.91 Å². The zero-order valence-electron chi connectivity index (χ0n) is 14.4. The van der Waals surface area contributed by atoms with Gasteiger partial charge in [0.25, 0.3) is 0 Å². The van der Waals surface area contributed by atoms with Gasteiger partial charge in [-0.3, -0.25) is 9.69 Å². The third-order valence-corrected chi connectivity index (χ3v) is 5.37. The fourth-order valence-electron chi connectivity index (χ4n) is 4.03. The smallest absolute Gasteiger partial charge is 0.225 e. The third-order valence-electron chi connectivity index (χ3n) is 5.37. The number of aliphatic hydroxyl groups is 1. The summed E-state index contributed by atoms with van der Waals surface area (Å²) in [6, 6.07) is 10.4. The average molecular weight is 332 g/mol. The second kappa shape index (κ2) is 7.64. The van der Waals surface area contributed by atoms with Crippen molar-refractivity contribution in [1.29, 1.82) is 0 Å². The second-order valence-corrected chi connectivity index (χ2v) is 7.29. The second-order valence-electron chi connectivity index (χ2n) is 7.29. The summed E-state index contributed by atoms with van der Waals surface area (Å²) in [7, 11) is 0. The number of nitrogens with one attached hydrogen (secondary N) is 1. The van der Waals surface area contributed by atoms with Gasteiger partial charge in [0, 0.05) is 44.3 Å². The summed E-state index contributed by atoms with van der Waals surface area (Å²) >= 11 is 0. The van der Waals surface area contributed by atoms with E-state index >= 15 is 0 Å². The minimum Gasteiger partial charge on any atom is -0.396 e. The summed E-state index contributed by atoms with van der Waals surface area (Å²) in [4.78, 5) is 15.2. The lowest BCUT2D eigenvalue weighted by atomic mass is 9.77. The lowest BCUT2D eigenvalue weighted by Gasteiger charge is -2.28. The van der Waals surface area contributed by atoms with Gasteiger partial charge in [0.15, 0.2) is 0 Å². The van der Waals surface area contributed by atoms with Crippen LogP contribution >= 0.6 is 0 Å². The molecule has 0 radical (unpaired) electrons. The Morgan fingerprint density at radius 1 is 1.46 bits per heavy atom. The molecule has 2 aliphatic heterocycles. The highest BCUT2D eigenvalue weighted by Gasteiger charge is 2.52. The Bertz CT molecular complexity index is 543. The van der Waals surface area contributed by atoms with Crippen molar-refractivity contribution in [2.75, 3.05) is 32.9 Å². The Labute approximate surface area is 144 Å². The first-order chi connectivity index (χ1) is 11.6. The summed E-state index contributed by atoms with van der Waals surface area (Å²) in [5.74, 6) is 0.0712. The number of carbonyl (C=O) groups excluding carboxylic acids is 1. The quantitative estimate of drug-likeness (QED) is 0.827. The molecule has 5 heteroatoms. The van der Waals surface area contributed by atoms with Crippen LogP contribution in [0.25, 0.3) is 0 Å². The normalized spacial score (nSPS) is 28.3. The molecule has 1 amide bonds. The first kappa shape index (κ1) is 17.4. The van der Waals surface area contributed by atoms with E-state index in [1.54, 1.807) is 0 Å². The molecule has 0 aromatic heterocycles. The molecule has 0 aliphatic carbocycles. The predicted molar refractivity (Wildman–Crippen MR) is 92.4 cm³/mol. The van der Waals surface area contributed by atoms with E-state index in [-0.39, 0.29) is 29.9 Å². The number of ether oxygens (including phenoxy) is 1. The van der Waals surface area contributed by atoms with Crippen LogP contribution in [0.2, 0.25) is 0 Å². The molecule has 0 saturated carbocycles. The molecule has 2 fully saturated rings. The van der Waals surface area contributed by atoms with Crippen molar-refractivity contribution in [3.05, 3.63) is 35.9 Å². The molecular weight excluding hydrogens is 304 g/mol. The van der Waals surface area contributed by atoms with Gasteiger partial charge in [-0.1, -0.05) is 30.3 Å². The highest BCUT2D eigenvalue weighted by Crippen LogP contribution is 2.43. The summed E-state index contributed by atoms with van der Waals surface area (Å²) in [5.41, 5.74) is 1.22. The van der Waals surface area contributed by atoms with E-state index in [4.69, 9.17) is 9.84 Å². The van der Waals surface area contributed by atoms with E-state index < -0.39 is 0 Å². The Balaban J connectivity index is 1.68. The molecule has 3 unspecified atom stereocenters. The first-order valence-corrected chi connectivity index (χ1v) is 8.88. The van der Waals surface area contributed by atoms with Crippen LogP contribution in [0.4, 0.5) is 0 Å². The van der Waals surface area contributed by atoms with Gasteiger partial charge in [0.1, 0.15) is 0 Å². The number of hydrogen-bond donors (Lipinski definition) is 2. The minimum atomic E-state index is -0.0577. The topological polar surface area (TPSA) is 61.8 Å². The predicted octanol–water partition coefficient (Wildman–Crippen LogP) is 1.41. The van der Waals surface area contributed by atoms with Gasteiger partial charge in [0.2, 0.25) is 5.91 Å². The first-order valence-electron chi connectivity index (χ1n) is 8.88. The van der Waals surface area contributed by atoms with Crippen molar-refractivity contribution in [3.8, 4) is 0 Å². The molecule has 2 heterocycles. The van der Waals surface area contributed by atoms with Crippen molar-refractivity contribution in [2.45, 2.75) is 32.4 Å². The number of amides is 1. The number of nitrogens with zero attached hydrogens (tertiary/aromatic N) is 1. The molecule has 2 N–H and O–H groups in total. The van der Waals surface area contributed by atoms with Crippen LogP contribution in [0.3, 0.4) is 0 Å². The molecule has 2 saturated heterocycles. The van der Waals surface area contributed by atoms with Crippen LogP contribution in [-0.4, -0.2) is 54.9 Å². The Kier molecular flexibility index (Phi) is 5.54. The summed E-state index contributed by atoms with van der Waals surface area (Å²) in [6.45, 7) is 6.02. The number of likely N-dealkylation sites (tertiary alicyclic amines) is 1. The zero-order valence-corrected chi connectivity index (χ0v) is 14.4. The van der Waals surface area contributed by atoms with Crippen molar-refractivity contribution in [1.82, 2.24) is 10.2 Å². The summed E-state index contributed by atoms with van der Waals surface area (Å²) in [6.07, 6.45) is 1.54. The van der Waals surface area contributed by atoms with Crippen LogP contribution in [0.5, 0.6) is 0 Å². The van der Waals surface area contributed by atoms with E-state index in [0.29, 0.717) is 13.0 Å². The monoisotopic (exact) mass is 332 g/mol.